The van der Waals surface area contributed by atoms with Crippen LogP contribution in [0.2, 0.25) is 0 Å². The first-order chi connectivity index (χ1) is 12.4. The van der Waals surface area contributed by atoms with Gasteiger partial charge in [0.2, 0.25) is 0 Å². The highest BCUT2D eigenvalue weighted by Crippen LogP contribution is 2.28. The van der Waals surface area contributed by atoms with Crippen LogP contribution in [0.15, 0.2) is 67.3 Å². The van der Waals surface area contributed by atoms with E-state index >= 15 is 0 Å². The first-order valence-corrected chi connectivity index (χ1v) is 7.57. The summed E-state index contributed by atoms with van der Waals surface area (Å²) >= 11 is 0. The summed E-state index contributed by atoms with van der Waals surface area (Å²) < 4.78 is 29.2. The summed E-state index contributed by atoms with van der Waals surface area (Å²) in [5, 5.41) is 0. The number of halogens is 1. The Labute approximate surface area is 150 Å². The van der Waals surface area contributed by atoms with Gasteiger partial charge in [0.25, 0.3) is 0 Å². The Bertz CT molecular complexity index is 840. The van der Waals surface area contributed by atoms with Crippen molar-refractivity contribution in [3.05, 3.63) is 73.1 Å². The van der Waals surface area contributed by atoms with Gasteiger partial charge in [0, 0.05) is 24.8 Å². The summed E-state index contributed by atoms with van der Waals surface area (Å²) in [4.78, 5) is 22.9. The molecule has 0 N–H and O–H groups in total. The van der Waals surface area contributed by atoms with Crippen LogP contribution in [0, 0.1) is 5.82 Å². The van der Waals surface area contributed by atoms with Crippen LogP contribution in [-0.2, 0) is 14.3 Å². The van der Waals surface area contributed by atoms with Crippen molar-refractivity contribution in [3.8, 4) is 22.6 Å². The van der Waals surface area contributed by atoms with E-state index in [2.05, 4.69) is 13.2 Å². The van der Waals surface area contributed by atoms with Crippen LogP contribution in [0.3, 0.4) is 0 Å². The van der Waals surface area contributed by atoms with Crippen molar-refractivity contribution in [2.45, 2.75) is 0 Å². The van der Waals surface area contributed by atoms with Crippen LogP contribution in [0.5, 0.6) is 11.5 Å². The molecule has 0 bridgehead atoms. The molecule has 0 aliphatic carbocycles. The maximum atomic E-state index is 14.4. The Kier molecular flexibility index (Phi) is 6.41. The zero-order chi connectivity index (χ0) is 19.1. The summed E-state index contributed by atoms with van der Waals surface area (Å²) in [5.41, 5.74) is 1.01. The third-order valence-electron chi connectivity index (χ3n) is 3.31. The fourth-order valence-corrected chi connectivity index (χ4v) is 2.07. The van der Waals surface area contributed by atoms with E-state index in [1.807, 2.05) is 0 Å². The quantitative estimate of drug-likeness (QED) is 0.430. The number of benzene rings is 2. The van der Waals surface area contributed by atoms with Crippen LogP contribution in [-0.4, -0.2) is 25.7 Å². The van der Waals surface area contributed by atoms with Crippen molar-refractivity contribution in [3.63, 3.8) is 0 Å². The second-order valence-corrected chi connectivity index (χ2v) is 5.22. The van der Waals surface area contributed by atoms with Crippen LogP contribution in [0.25, 0.3) is 11.1 Å². The average molecular weight is 356 g/mol. The number of carbonyl (C=O) groups is 2. The van der Waals surface area contributed by atoms with Gasteiger partial charge in [0.05, 0.1) is 12.2 Å². The fraction of sp³-hybridized carbons (Fsp3) is 0.100. The monoisotopic (exact) mass is 356 g/mol. The van der Waals surface area contributed by atoms with Crippen LogP contribution < -0.4 is 9.47 Å². The van der Waals surface area contributed by atoms with Gasteiger partial charge in [-0.2, -0.15) is 0 Å². The Morgan fingerprint density at radius 2 is 1.73 bits per heavy atom. The van der Waals surface area contributed by atoms with E-state index in [1.165, 1.54) is 19.2 Å². The average Bonchev–Trinajstić information content (AvgIpc) is 2.63. The Hall–Kier alpha value is -3.25. The molecule has 0 spiro atoms. The smallest absolute Gasteiger partial charge is 0.341 e. The molecular weight excluding hydrogens is 339 g/mol. The lowest BCUT2D eigenvalue weighted by atomic mass is 10.0. The SMILES string of the molecule is C=CC(=O)Oc1ccc(-c2ccc(OC(=O)C(=C)COC)cc2F)cc1. The molecule has 2 aromatic rings. The molecule has 0 aliphatic rings. The largest absolute Gasteiger partial charge is 0.423 e. The lowest BCUT2D eigenvalue weighted by molar-refractivity contribution is -0.131. The number of carbonyl (C=O) groups excluding carboxylic acids is 2. The molecule has 0 heterocycles. The van der Waals surface area contributed by atoms with Crippen LogP contribution in [0.4, 0.5) is 4.39 Å². The normalized spacial score (nSPS) is 10.1. The lowest BCUT2D eigenvalue weighted by Gasteiger charge is -2.09. The summed E-state index contributed by atoms with van der Waals surface area (Å²) in [5.74, 6) is -1.45. The van der Waals surface area contributed by atoms with Crippen LogP contribution >= 0.6 is 0 Å². The summed E-state index contributed by atoms with van der Waals surface area (Å²) in [6.45, 7) is 6.87. The van der Waals surface area contributed by atoms with Gasteiger partial charge in [0.1, 0.15) is 17.3 Å². The third-order valence-corrected chi connectivity index (χ3v) is 3.31. The molecule has 0 unspecified atom stereocenters. The standard InChI is InChI=1S/C20H17FO5/c1-4-19(22)25-15-7-5-14(6-8-15)17-10-9-16(11-18(17)21)26-20(23)13(2)12-24-3/h4-11H,1-2,12H2,3H3. The van der Waals surface area contributed by atoms with Gasteiger partial charge in [0.15, 0.2) is 0 Å². The Balaban J connectivity index is 2.14. The van der Waals surface area contributed by atoms with E-state index in [1.54, 1.807) is 24.3 Å². The molecule has 6 heteroatoms. The highest BCUT2D eigenvalue weighted by molar-refractivity contribution is 5.89. The van der Waals surface area contributed by atoms with Gasteiger partial charge >= 0.3 is 11.9 Å². The third kappa shape index (κ3) is 4.87. The molecule has 2 aromatic carbocycles. The van der Waals surface area contributed by atoms with Crippen molar-refractivity contribution >= 4 is 11.9 Å². The van der Waals surface area contributed by atoms with Crippen molar-refractivity contribution in [1.29, 1.82) is 0 Å². The predicted octanol–water partition coefficient (Wildman–Crippen LogP) is 3.69. The predicted molar refractivity (Wildman–Crippen MR) is 94.3 cm³/mol. The number of methoxy groups -OCH3 is 1. The molecule has 0 aromatic heterocycles. The molecule has 0 saturated heterocycles. The van der Waals surface area contributed by atoms with Gasteiger partial charge in [-0.1, -0.05) is 25.3 Å². The van der Waals surface area contributed by atoms with Crippen molar-refractivity contribution < 1.29 is 28.2 Å². The molecule has 0 amide bonds. The van der Waals surface area contributed by atoms with Crippen LogP contribution in [0.1, 0.15) is 0 Å². The minimum atomic E-state index is -0.688. The Morgan fingerprint density at radius 3 is 2.31 bits per heavy atom. The molecule has 5 nitrogen and oxygen atoms in total. The number of rotatable bonds is 7. The van der Waals surface area contributed by atoms with E-state index in [-0.39, 0.29) is 17.9 Å². The van der Waals surface area contributed by atoms with Gasteiger partial charge in [-0.15, -0.1) is 0 Å². The second-order valence-electron chi connectivity index (χ2n) is 5.22. The van der Waals surface area contributed by atoms with Crippen molar-refractivity contribution in [2.24, 2.45) is 0 Å². The minimum Gasteiger partial charge on any atom is -0.423 e. The maximum Gasteiger partial charge on any atom is 0.341 e. The van der Waals surface area contributed by atoms with E-state index < -0.39 is 17.8 Å². The van der Waals surface area contributed by atoms with Gasteiger partial charge in [-0.25, -0.2) is 14.0 Å². The molecule has 26 heavy (non-hydrogen) atoms. The number of esters is 2. The lowest BCUT2D eigenvalue weighted by Crippen LogP contribution is -2.14. The number of hydrogen-bond donors (Lipinski definition) is 0. The topological polar surface area (TPSA) is 61.8 Å². The van der Waals surface area contributed by atoms with Crippen molar-refractivity contribution in [1.82, 2.24) is 0 Å². The van der Waals surface area contributed by atoms with Gasteiger partial charge < -0.3 is 14.2 Å². The number of ether oxygens (including phenoxy) is 3. The highest BCUT2D eigenvalue weighted by Gasteiger charge is 2.12. The minimum absolute atomic E-state index is 0.0299. The molecule has 2 rings (SSSR count). The molecule has 0 fully saturated rings. The molecule has 0 atom stereocenters. The number of hydrogen-bond acceptors (Lipinski definition) is 5. The Morgan fingerprint density at radius 1 is 1.08 bits per heavy atom. The van der Waals surface area contributed by atoms with E-state index in [0.717, 1.165) is 12.1 Å². The maximum absolute atomic E-state index is 14.4. The summed E-state index contributed by atoms with van der Waals surface area (Å²) in [6, 6.07) is 10.4. The van der Waals surface area contributed by atoms with E-state index in [0.29, 0.717) is 16.9 Å². The summed E-state index contributed by atoms with van der Waals surface area (Å²) in [7, 11) is 1.43. The fourth-order valence-electron chi connectivity index (χ4n) is 2.07. The zero-order valence-electron chi connectivity index (χ0n) is 14.2. The molecular formula is C20H17FO5. The first-order valence-electron chi connectivity index (χ1n) is 7.57. The molecule has 0 aliphatic heterocycles. The summed E-state index contributed by atoms with van der Waals surface area (Å²) in [6.07, 6.45) is 1.05. The molecule has 0 radical (unpaired) electrons. The first kappa shape index (κ1) is 19.1. The molecule has 0 saturated carbocycles. The van der Waals surface area contributed by atoms with E-state index in [9.17, 15) is 14.0 Å². The van der Waals surface area contributed by atoms with Gasteiger partial charge in [-0.05, 0) is 29.8 Å². The van der Waals surface area contributed by atoms with Gasteiger partial charge in [-0.3, -0.25) is 0 Å². The highest BCUT2D eigenvalue weighted by atomic mass is 19.1. The second kappa shape index (κ2) is 8.73. The zero-order valence-corrected chi connectivity index (χ0v) is 14.2. The van der Waals surface area contributed by atoms with Crippen molar-refractivity contribution in [2.75, 3.05) is 13.7 Å². The van der Waals surface area contributed by atoms with E-state index in [4.69, 9.17) is 14.2 Å². The molecule has 134 valence electrons.